The van der Waals surface area contributed by atoms with Crippen molar-refractivity contribution >= 4 is 5.91 Å². The Kier molecular flexibility index (Phi) is 5.85. The van der Waals surface area contributed by atoms with Gasteiger partial charge in [-0.1, -0.05) is 20.3 Å². The molecule has 0 aromatic heterocycles. The van der Waals surface area contributed by atoms with Crippen LogP contribution in [0.5, 0.6) is 0 Å². The lowest BCUT2D eigenvalue weighted by molar-refractivity contribution is -0.136. The summed E-state index contributed by atoms with van der Waals surface area (Å²) in [5.74, 6) is 1.04. The second-order valence-corrected chi connectivity index (χ2v) is 6.42. The average molecular weight is 281 g/mol. The normalized spacial score (nSPS) is 29.4. The van der Waals surface area contributed by atoms with Gasteiger partial charge in [0.1, 0.15) is 0 Å². The molecule has 4 nitrogen and oxygen atoms in total. The maximum absolute atomic E-state index is 12.7. The zero-order valence-corrected chi connectivity index (χ0v) is 13.4. The molecule has 2 aliphatic rings. The number of likely N-dealkylation sites (N-methyl/N-ethyl adjacent to an activating group) is 1. The molecule has 2 atom stereocenters. The van der Waals surface area contributed by atoms with Gasteiger partial charge >= 0.3 is 0 Å². The standard InChI is InChI=1S/C16H31N3O/c1-4-13-6-9-17-15(12-13)16(20)18(3)14-7-10-19(5-2)11-8-14/h13-15,17H,4-12H2,1-3H3. The van der Waals surface area contributed by atoms with E-state index in [1.165, 1.54) is 12.8 Å². The monoisotopic (exact) mass is 281 g/mol. The molecule has 0 bridgehead atoms. The van der Waals surface area contributed by atoms with Crippen LogP contribution in [0.4, 0.5) is 0 Å². The highest BCUT2D eigenvalue weighted by Crippen LogP contribution is 2.22. The molecule has 0 spiro atoms. The maximum Gasteiger partial charge on any atom is 0.239 e. The highest BCUT2D eigenvalue weighted by molar-refractivity contribution is 5.82. The van der Waals surface area contributed by atoms with Crippen molar-refractivity contribution in [3.05, 3.63) is 0 Å². The first kappa shape index (κ1) is 15.8. The Hall–Kier alpha value is -0.610. The summed E-state index contributed by atoms with van der Waals surface area (Å²) in [6.45, 7) is 8.85. The third-order valence-electron chi connectivity index (χ3n) is 5.29. The second kappa shape index (κ2) is 7.41. The number of carbonyl (C=O) groups is 1. The molecular weight excluding hydrogens is 250 g/mol. The summed E-state index contributed by atoms with van der Waals surface area (Å²) in [7, 11) is 2.01. The van der Waals surface area contributed by atoms with E-state index in [2.05, 4.69) is 24.1 Å². The van der Waals surface area contributed by atoms with E-state index in [0.717, 1.165) is 51.4 Å². The van der Waals surface area contributed by atoms with Crippen molar-refractivity contribution in [2.45, 2.75) is 58.0 Å². The number of nitrogens with zero attached hydrogens (tertiary/aromatic N) is 2. The van der Waals surface area contributed by atoms with E-state index in [4.69, 9.17) is 0 Å². The molecule has 1 N–H and O–H groups in total. The van der Waals surface area contributed by atoms with Gasteiger partial charge in [0.25, 0.3) is 0 Å². The van der Waals surface area contributed by atoms with Gasteiger partial charge in [0.15, 0.2) is 0 Å². The lowest BCUT2D eigenvalue weighted by atomic mass is 9.89. The molecule has 1 amide bonds. The number of nitrogens with one attached hydrogen (secondary N) is 1. The van der Waals surface area contributed by atoms with Crippen molar-refractivity contribution in [3.63, 3.8) is 0 Å². The predicted molar refractivity (Wildman–Crippen MR) is 82.7 cm³/mol. The molecule has 0 saturated carbocycles. The van der Waals surface area contributed by atoms with E-state index in [0.29, 0.717) is 11.9 Å². The highest BCUT2D eigenvalue weighted by atomic mass is 16.2. The van der Waals surface area contributed by atoms with Crippen molar-refractivity contribution in [1.29, 1.82) is 0 Å². The van der Waals surface area contributed by atoms with Crippen LogP contribution in [0.15, 0.2) is 0 Å². The minimum Gasteiger partial charge on any atom is -0.341 e. The number of piperidine rings is 2. The number of hydrogen-bond acceptors (Lipinski definition) is 3. The van der Waals surface area contributed by atoms with Crippen LogP contribution in [-0.4, -0.2) is 61.0 Å². The number of hydrogen-bond donors (Lipinski definition) is 1. The van der Waals surface area contributed by atoms with Crippen LogP contribution >= 0.6 is 0 Å². The SMILES string of the molecule is CCC1CCNC(C(=O)N(C)C2CCN(CC)CC2)C1. The third-order valence-corrected chi connectivity index (χ3v) is 5.29. The Balaban J connectivity index is 1.85. The van der Waals surface area contributed by atoms with Gasteiger partial charge in [-0.25, -0.2) is 0 Å². The van der Waals surface area contributed by atoms with E-state index in [1.54, 1.807) is 0 Å². The van der Waals surface area contributed by atoms with Gasteiger partial charge < -0.3 is 15.1 Å². The molecule has 0 aromatic rings. The van der Waals surface area contributed by atoms with E-state index in [9.17, 15) is 4.79 Å². The zero-order chi connectivity index (χ0) is 14.5. The molecule has 20 heavy (non-hydrogen) atoms. The number of carbonyl (C=O) groups excluding carboxylic acids is 1. The van der Waals surface area contributed by atoms with Crippen LogP contribution in [-0.2, 0) is 4.79 Å². The van der Waals surface area contributed by atoms with Gasteiger partial charge in [-0.15, -0.1) is 0 Å². The molecule has 4 heteroatoms. The lowest BCUT2D eigenvalue weighted by Crippen LogP contribution is -2.53. The van der Waals surface area contributed by atoms with Crippen LogP contribution in [0.1, 0.15) is 46.0 Å². The van der Waals surface area contributed by atoms with Crippen molar-refractivity contribution in [3.8, 4) is 0 Å². The Morgan fingerprint density at radius 2 is 1.95 bits per heavy atom. The molecule has 2 rings (SSSR count). The number of likely N-dealkylation sites (tertiary alicyclic amines) is 1. The molecule has 0 radical (unpaired) electrons. The quantitative estimate of drug-likeness (QED) is 0.852. The van der Waals surface area contributed by atoms with Crippen LogP contribution in [0.3, 0.4) is 0 Å². The Bertz CT molecular complexity index is 313. The van der Waals surface area contributed by atoms with Gasteiger partial charge in [0, 0.05) is 26.2 Å². The fourth-order valence-electron chi connectivity index (χ4n) is 3.60. The lowest BCUT2D eigenvalue weighted by Gasteiger charge is -2.39. The van der Waals surface area contributed by atoms with Gasteiger partial charge in [-0.3, -0.25) is 4.79 Å². The zero-order valence-electron chi connectivity index (χ0n) is 13.4. The predicted octanol–water partition coefficient (Wildman–Crippen LogP) is 1.71. The van der Waals surface area contributed by atoms with Gasteiger partial charge in [0.2, 0.25) is 5.91 Å². The van der Waals surface area contributed by atoms with Crippen molar-refractivity contribution in [2.24, 2.45) is 5.92 Å². The summed E-state index contributed by atoms with van der Waals surface area (Å²) < 4.78 is 0. The summed E-state index contributed by atoms with van der Waals surface area (Å²) in [4.78, 5) is 17.2. The molecule has 116 valence electrons. The summed E-state index contributed by atoms with van der Waals surface area (Å²) in [6.07, 6.45) is 5.69. The first-order valence-corrected chi connectivity index (χ1v) is 8.38. The fourth-order valence-corrected chi connectivity index (χ4v) is 3.60. The fraction of sp³-hybridized carbons (Fsp3) is 0.938. The van der Waals surface area contributed by atoms with Gasteiger partial charge in [-0.2, -0.15) is 0 Å². The molecule has 0 aliphatic carbocycles. The van der Waals surface area contributed by atoms with Crippen LogP contribution < -0.4 is 5.32 Å². The molecule has 0 aromatic carbocycles. The number of amides is 1. The Labute approximate surface area is 123 Å². The van der Waals surface area contributed by atoms with Crippen LogP contribution in [0.2, 0.25) is 0 Å². The topological polar surface area (TPSA) is 35.6 Å². The largest absolute Gasteiger partial charge is 0.341 e. The van der Waals surface area contributed by atoms with Crippen LogP contribution in [0, 0.1) is 5.92 Å². The first-order chi connectivity index (χ1) is 9.65. The van der Waals surface area contributed by atoms with E-state index >= 15 is 0 Å². The van der Waals surface area contributed by atoms with E-state index in [-0.39, 0.29) is 6.04 Å². The van der Waals surface area contributed by atoms with Gasteiger partial charge in [0.05, 0.1) is 6.04 Å². The highest BCUT2D eigenvalue weighted by Gasteiger charge is 2.32. The molecular formula is C16H31N3O. The second-order valence-electron chi connectivity index (χ2n) is 6.42. The number of rotatable bonds is 4. The Morgan fingerprint density at radius 1 is 1.25 bits per heavy atom. The summed E-state index contributed by atoms with van der Waals surface area (Å²) in [6, 6.07) is 0.497. The van der Waals surface area contributed by atoms with Crippen molar-refractivity contribution in [2.75, 3.05) is 33.2 Å². The summed E-state index contributed by atoms with van der Waals surface area (Å²) in [5.41, 5.74) is 0. The van der Waals surface area contributed by atoms with Crippen molar-refractivity contribution < 1.29 is 4.79 Å². The van der Waals surface area contributed by atoms with Crippen molar-refractivity contribution in [1.82, 2.24) is 15.1 Å². The first-order valence-electron chi connectivity index (χ1n) is 8.38. The summed E-state index contributed by atoms with van der Waals surface area (Å²) in [5, 5.41) is 3.42. The molecule has 2 saturated heterocycles. The minimum atomic E-state index is 0.0582. The van der Waals surface area contributed by atoms with E-state index in [1.807, 2.05) is 11.9 Å². The van der Waals surface area contributed by atoms with Gasteiger partial charge in [-0.05, 0) is 44.7 Å². The maximum atomic E-state index is 12.7. The van der Waals surface area contributed by atoms with E-state index < -0.39 is 0 Å². The summed E-state index contributed by atoms with van der Waals surface area (Å²) >= 11 is 0. The van der Waals surface area contributed by atoms with Crippen LogP contribution in [0.25, 0.3) is 0 Å². The smallest absolute Gasteiger partial charge is 0.239 e. The average Bonchev–Trinajstić information content (AvgIpc) is 2.53. The third kappa shape index (κ3) is 3.73. The molecule has 2 heterocycles. The Morgan fingerprint density at radius 3 is 2.55 bits per heavy atom. The molecule has 2 aliphatic heterocycles. The molecule has 2 unspecified atom stereocenters. The minimum absolute atomic E-state index is 0.0582. The molecule has 2 fully saturated rings.